The first-order valence-corrected chi connectivity index (χ1v) is 7.79. The summed E-state index contributed by atoms with van der Waals surface area (Å²) in [5.41, 5.74) is 2.30. The second-order valence-corrected chi connectivity index (χ2v) is 5.95. The van der Waals surface area contributed by atoms with Crippen molar-refractivity contribution in [2.24, 2.45) is 0 Å². The molecule has 0 spiro atoms. The number of nitrogens with one attached hydrogen (secondary N) is 2. The number of carbonyl (C=O) groups is 1. The first kappa shape index (κ1) is 14.9. The largest absolute Gasteiger partial charge is 0.338 e. The summed E-state index contributed by atoms with van der Waals surface area (Å²) in [6, 6.07) is 11.8. The van der Waals surface area contributed by atoms with Crippen molar-refractivity contribution in [3.05, 3.63) is 64.9 Å². The van der Waals surface area contributed by atoms with Crippen molar-refractivity contribution in [2.45, 2.75) is 24.8 Å². The van der Waals surface area contributed by atoms with E-state index in [1.165, 1.54) is 5.56 Å². The smallest absolute Gasteiger partial charge is 0.315 e. The number of carbonyl (C=O) groups excluding carboxylic acids is 1. The highest BCUT2D eigenvalue weighted by atomic mass is 35.5. The number of halogens is 1. The molecule has 3 rings (SSSR count). The van der Waals surface area contributed by atoms with Crippen molar-refractivity contribution in [1.82, 2.24) is 15.6 Å². The molecule has 1 aromatic carbocycles. The third kappa shape index (κ3) is 3.98. The number of pyridine rings is 1. The van der Waals surface area contributed by atoms with Gasteiger partial charge in [0, 0.05) is 35.9 Å². The fourth-order valence-electron chi connectivity index (χ4n) is 2.55. The summed E-state index contributed by atoms with van der Waals surface area (Å²) in [5, 5.41) is 6.62. The predicted octanol–water partition coefficient (Wildman–Crippen LogP) is 3.13. The summed E-state index contributed by atoms with van der Waals surface area (Å²) in [5.74, 6) is 0.378. The molecule has 0 saturated heterocycles. The second kappa shape index (κ2) is 6.79. The SMILES string of the molecule is O=C(NCCc1cccnc1)NC1CC1c1cccc(Cl)c1. The van der Waals surface area contributed by atoms with E-state index in [2.05, 4.69) is 21.7 Å². The Morgan fingerprint density at radius 1 is 1.32 bits per heavy atom. The van der Waals surface area contributed by atoms with Crippen LogP contribution < -0.4 is 10.6 Å². The van der Waals surface area contributed by atoms with Gasteiger partial charge in [-0.05, 0) is 42.2 Å². The average Bonchev–Trinajstić information content (AvgIpc) is 3.27. The van der Waals surface area contributed by atoms with E-state index >= 15 is 0 Å². The number of amides is 2. The van der Waals surface area contributed by atoms with Crippen molar-refractivity contribution in [3.8, 4) is 0 Å². The van der Waals surface area contributed by atoms with Crippen LogP contribution in [0.5, 0.6) is 0 Å². The average molecular weight is 316 g/mol. The molecule has 0 radical (unpaired) electrons. The number of hydrogen-bond acceptors (Lipinski definition) is 2. The lowest BCUT2D eigenvalue weighted by Gasteiger charge is -2.07. The maximum Gasteiger partial charge on any atom is 0.315 e. The molecule has 1 saturated carbocycles. The first-order chi connectivity index (χ1) is 10.7. The highest BCUT2D eigenvalue weighted by Gasteiger charge is 2.39. The van der Waals surface area contributed by atoms with Gasteiger partial charge in [-0.3, -0.25) is 4.98 Å². The molecule has 1 fully saturated rings. The van der Waals surface area contributed by atoms with Gasteiger partial charge >= 0.3 is 6.03 Å². The minimum Gasteiger partial charge on any atom is -0.338 e. The summed E-state index contributed by atoms with van der Waals surface area (Å²) in [7, 11) is 0. The first-order valence-electron chi connectivity index (χ1n) is 7.41. The Bertz CT molecular complexity index is 647. The molecule has 1 aliphatic carbocycles. The number of benzene rings is 1. The molecule has 114 valence electrons. The molecule has 0 bridgehead atoms. The summed E-state index contributed by atoms with van der Waals surface area (Å²) in [4.78, 5) is 15.9. The molecular weight excluding hydrogens is 298 g/mol. The fraction of sp³-hybridized carbons (Fsp3) is 0.294. The van der Waals surface area contributed by atoms with Crippen molar-refractivity contribution in [3.63, 3.8) is 0 Å². The second-order valence-electron chi connectivity index (χ2n) is 5.52. The summed E-state index contributed by atoms with van der Waals surface area (Å²) in [6.07, 6.45) is 5.31. The van der Waals surface area contributed by atoms with Crippen LogP contribution in [0.3, 0.4) is 0 Å². The van der Waals surface area contributed by atoms with Gasteiger partial charge in [0.2, 0.25) is 0 Å². The Balaban J connectivity index is 1.40. The van der Waals surface area contributed by atoms with Crippen molar-refractivity contribution in [1.29, 1.82) is 0 Å². The Labute approximate surface area is 134 Å². The number of aromatic nitrogens is 1. The number of urea groups is 1. The Morgan fingerprint density at radius 3 is 3.00 bits per heavy atom. The van der Waals surface area contributed by atoms with E-state index in [4.69, 9.17) is 11.6 Å². The molecule has 2 amide bonds. The van der Waals surface area contributed by atoms with Crippen molar-refractivity contribution >= 4 is 17.6 Å². The molecule has 22 heavy (non-hydrogen) atoms. The van der Waals surface area contributed by atoms with Crippen LogP contribution in [0.2, 0.25) is 5.02 Å². The van der Waals surface area contributed by atoms with Gasteiger partial charge in [-0.15, -0.1) is 0 Å². The van der Waals surface area contributed by atoms with E-state index in [9.17, 15) is 4.79 Å². The highest BCUT2D eigenvalue weighted by Crippen LogP contribution is 2.41. The van der Waals surface area contributed by atoms with Crippen LogP contribution in [0.4, 0.5) is 4.79 Å². The normalized spacial score (nSPS) is 19.5. The standard InChI is InChI=1S/C17H18ClN3O/c18-14-5-1-4-13(9-14)15-10-16(15)21-17(22)20-8-6-12-3-2-7-19-11-12/h1-5,7,9,11,15-16H,6,8,10H2,(H2,20,21,22). The van der Waals surface area contributed by atoms with E-state index in [0.29, 0.717) is 12.5 Å². The van der Waals surface area contributed by atoms with Crippen molar-refractivity contribution < 1.29 is 4.79 Å². The molecule has 2 aromatic rings. The van der Waals surface area contributed by atoms with Crippen LogP contribution in [0, 0.1) is 0 Å². The minimum absolute atomic E-state index is 0.113. The lowest BCUT2D eigenvalue weighted by Crippen LogP contribution is -2.38. The summed E-state index contributed by atoms with van der Waals surface area (Å²) < 4.78 is 0. The highest BCUT2D eigenvalue weighted by molar-refractivity contribution is 6.30. The quantitative estimate of drug-likeness (QED) is 0.890. The van der Waals surface area contributed by atoms with Crippen LogP contribution in [0.1, 0.15) is 23.5 Å². The number of nitrogens with zero attached hydrogens (tertiary/aromatic N) is 1. The lowest BCUT2D eigenvalue weighted by atomic mass is 10.1. The molecule has 1 aliphatic rings. The number of rotatable bonds is 5. The molecule has 5 heteroatoms. The zero-order valence-electron chi connectivity index (χ0n) is 12.1. The maximum atomic E-state index is 11.9. The third-order valence-electron chi connectivity index (χ3n) is 3.81. The lowest BCUT2D eigenvalue weighted by molar-refractivity contribution is 0.240. The van der Waals surface area contributed by atoms with E-state index in [1.54, 1.807) is 6.20 Å². The van der Waals surface area contributed by atoms with Gasteiger partial charge in [-0.2, -0.15) is 0 Å². The monoisotopic (exact) mass is 315 g/mol. The zero-order valence-corrected chi connectivity index (χ0v) is 12.9. The summed E-state index contributed by atoms with van der Waals surface area (Å²) in [6.45, 7) is 0.603. The molecular formula is C17H18ClN3O. The molecule has 0 aliphatic heterocycles. The minimum atomic E-state index is -0.113. The van der Waals surface area contributed by atoms with E-state index < -0.39 is 0 Å². The molecule has 1 aromatic heterocycles. The third-order valence-corrected chi connectivity index (χ3v) is 4.04. The van der Waals surface area contributed by atoms with E-state index in [-0.39, 0.29) is 12.1 Å². The van der Waals surface area contributed by atoms with Gasteiger partial charge in [0.1, 0.15) is 0 Å². The number of hydrogen-bond donors (Lipinski definition) is 2. The van der Waals surface area contributed by atoms with Crippen LogP contribution in [0.15, 0.2) is 48.8 Å². The predicted molar refractivity (Wildman–Crippen MR) is 87.1 cm³/mol. The Hall–Kier alpha value is -2.07. The molecule has 4 nitrogen and oxygen atoms in total. The van der Waals surface area contributed by atoms with Gasteiger partial charge in [0.15, 0.2) is 0 Å². The van der Waals surface area contributed by atoms with Crippen LogP contribution >= 0.6 is 11.6 Å². The molecule has 2 N–H and O–H groups in total. The van der Waals surface area contributed by atoms with E-state index in [0.717, 1.165) is 23.4 Å². The van der Waals surface area contributed by atoms with Gasteiger partial charge in [-0.25, -0.2) is 4.79 Å². The summed E-state index contributed by atoms with van der Waals surface area (Å²) >= 11 is 5.99. The van der Waals surface area contributed by atoms with Gasteiger partial charge in [0.25, 0.3) is 0 Å². The molecule has 2 atom stereocenters. The molecule has 2 unspecified atom stereocenters. The van der Waals surface area contributed by atoms with Gasteiger partial charge in [-0.1, -0.05) is 29.8 Å². The topological polar surface area (TPSA) is 54.0 Å². The van der Waals surface area contributed by atoms with Crippen LogP contribution in [-0.4, -0.2) is 23.6 Å². The zero-order chi connectivity index (χ0) is 15.4. The van der Waals surface area contributed by atoms with Gasteiger partial charge < -0.3 is 10.6 Å². The van der Waals surface area contributed by atoms with Crippen LogP contribution in [0.25, 0.3) is 0 Å². The molecule has 1 heterocycles. The van der Waals surface area contributed by atoms with E-state index in [1.807, 2.05) is 36.5 Å². The van der Waals surface area contributed by atoms with Crippen molar-refractivity contribution in [2.75, 3.05) is 6.54 Å². The Kier molecular flexibility index (Phi) is 4.59. The maximum absolute atomic E-state index is 11.9. The Morgan fingerprint density at radius 2 is 2.23 bits per heavy atom. The van der Waals surface area contributed by atoms with Crippen LogP contribution in [-0.2, 0) is 6.42 Å². The van der Waals surface area contributed by atoms with Gasteiger partial charge in [0.05, 0.1) is 0 Å². The fourth-order valence-corrected chi connectivity index (χ4v) is 2.74.